The molecular formula is C23H16ClN3O2. The molecule has 0 unspecified atom stereocenters. The van der Waals surface area contributed by atoms with Crippen LogP contribution in [0.3, 0.4) is 0 Å². The van der Waals surface area contributed by atoms with Crippen LogP contribution in [0.5, 0.6) is 0 Å². The van der Waals surface area contributed by atoms with Gasteiger partial charge in [-0.05, 0) is 29.3 Å². The normalized spacial score (nSPS) is 12.0. The van der Waals surface area contributed by atoms with E-state index in [4.69, 9.17) is 11.6 Å². The zero-order valence-corrected chi connectivity index (χ0v) is 16.1. The maximum atomic E-state index is 12.3. The highest BCUT2D eigenvalue weighted by molar-refractivity contribution is 6.30. The SMILES string of the molecule is O=[N+]([O-])c1c(-c2ccc(Cl)cc2)c2n(c1-c1ccccc1)Cc1ccccc1N2. The Morgan fingerprint density at radius 3 is 2.31 bits per heavy atom. The molecule has 29 heavy (non-hydrogen) atoms. The Labute approximate surface area is 172 Å². The van der Waals surface area contributed by atoms with Crippen LogP contribution in [-0.2, 0) is 6.54 Å². The average molecular weight is 402 g/mol. The first-order valence-corrected chi connectivity index (χ1v) is 9.58. The predicted molar refractivity (Wildman–Crippen MR) is 116 cm³/mol. The zero-order valence-electron chi connectivity index (χ0n) is 15.3. The van der Waals surface area contributed by atoms with Gasteiger partial charge in [-0.25, -0.2) is 0 Å². The Morgan fingerprint density at radius 1 is 0.897 bits per heavy atom. The molecule has 0 aliphatic carbocycles. The van der Waals surface area contributed by atoms with Gasteiger partial charge in [0, 0.05) is 16.3 Å². The lowest BCUT2D eigenvalue weighted by Gasteiger charge is -2.23. The van der Waals surface area contributed by atoms with Gasteiger partial charge < -0.3 is 9.88 Å². The number of fused-ring (bicyclic) bond motifs is 2. The molecule has 1 N–H and O–H groups in total. The van der Waals surface area contributed by atoms with Gasteiger partial charge in [0.2, 0.25) is 0 Å². The molecule has 1 aliphatic heterocycles. The van der Waals surface area contributed by atoms with E-state index >= 15 is 0 Å². The lowest BCUT2D eigenvalue weighted by Crippen LogP contribution is -2.13. The standard InChI is InChI=1S/C23H16ClN3O2/c24-18-12-10-15(11-13-18)20-22(27(28)29)21(16-6-2-1-3-7-16)26-14-17-8-4-5-9-19(17)25-23(20)26/h1-13,25H,14H2. The highest BCUT2D eigenvalue weighted by Crippen LogP contribution is 2.49. The number of nitrogens with one attached hydrogen (secondary N) is 1. The van der Waals surface area contributed by atoms with Crippen molar-refractivity contribution in [3.63, 3.8) is 0 Å². The van der Waals surface area contributed by atoms with Crippen LogP contribution in [0, 0.1) is 10.1 Å². The Bertz CT molecular complexity index is 1230. The predicted octanol–water partition coefficient (Wildman–Crippen LogP) is 6.49. The monoisotopic (exact) mass is 401 g/mol. The molecule has 0 radical (unpaired) electrons. The van der Waals surface area contributed by atoms with Gasteiger partial charge in [-0.2, -0.15) is 0 Å². The quantitative estimate of drug-likeness (QED) is 0.277. The van der Waals surface area contributed by atoms with Gasteiger partial charge in [-0.1, -0.05) is 72.3 Å². The minimum absolute atomic E-state index is 0.0915. The van der Waals surface area contributed by atoms with Crippen molar-refractivity contribution in [1.82, 2.24) is 4.57 Å². The third-order valence-corrected chi connectivity index (χ3v) is 5.45. The van der Waals surface area contributed by atoms with Crippen molar-refractivity contribution in [2.75, 3.05) is 5.32 Å². The highest BCUT2D eigenvalue weighted by atomic mass is 35.5. The summed E-state index contributed by atoms with van der Waals surface area (Å²) in [6, 6.07) is 24.6. The number of anilines is 2. The van der Waals surface area contributed by atoms with E-state index in [1.54, 1.807) is 12.1 Å². The Kier molecular flexibility index (Phi) is 4.11. The van der Waals surface area contributed by atoms with E-state index in [-0.39, 0.29) is 10.6 Å². The summed E-state index contributed by atoms with van der Waals surface area (Å²) in [5.41, 5.74) is 4.86. The van der Waals surface area contributed by atoms with Gasteiger partial charge in [0.05, 0.1) is 11.5 Å². The molecule has 0 saturated heterocycles. The first kappa shape index (κ1) is 17.5. The number of halogens is 1. The van der Waals surface area contributed by atoms with Crippen LogP contribution >= 0.6 is 11.6 Å². The van der Waals surface area contributed by atoms with Crippen LogP contribution in [0.15, 0.2) is 78.9 Å². The molecule has 0 bridgehead atoms. The average Bonchev–Trinajstić information content (AvgIpc) is 3.07. The van der Waals surface area contributed by atoms with Crippen LogP contribution in [0.2, 0.25) is 5.02 Å². The lowest BCUT2D eigenvalue weighted by atomic mass is 10.0. The van der Waals surface area contributed by atoms with E-state index in [0.717, 1.165) is 28.2 Å². The molecule has 0 fully saturated rings. The van der Waals surface area contributed by atoms with E-state index in [0.29, 0.717) is 22.8 Å². The number of aromatic nitrogens is 1. The summed E-state index contributed by atoms with van der Waals surface area (Å²) in [5.74, 6) is 0.719. The molecule has 1 aromatic heterocycles. The molecule has 4 aromatic rings. The van der Waals surface area contributed by atoms with Crippen molar-refractivity contribution >= 4 is 28.8 Å². The smallest absolute Gasteiger partial charge is 0.304 e. The van der Waals surface area contributed by atoms with Crippen molar-refractivity contribution in [1.29, 1.82) is 0 Å². The molecular weight excluding hydrogens is 386 g/mol. The van der Waals surface area contributed by atoms with Crippen molar-refractivity contribution in [2.45, 2.75) is 6.54 Å². The largest absolute Gasteiger partial charge is 0.341 e. The first-order valence-electron chi connectivity index (χ1n) is 9.20. The van der Waals surface area contributed by atoms with Crippen LogP contribution < -0.4 is 5.32 Å². The second-order valence-corrected chi connectivity index (χ2v) is 7.36. The van der Waals surface area contributed by atoms with Crippen LogP contribution in [-0.4, -0.2) is 9.49 Å². The number of para-hydroxylation sites is 1. The summed E-state index contributed by atoms with van der Waals surface area (Å²) < 4.78 is 2.00. The molecule has 0 spiro atoms. The Morgan fingerprint density at radius 2 is 1.59 bits per heavy atom. The molecule has 0 amide bonds. The van der Waals surface area contributed by atoms with E-state index in [2.05, 4.69) is 5.32 Å². The van der Waals surface area contributed by atoms with Gasteiger partial charge in [-0.15, -0.1) is 0 Å². The fourth-order valence-corrected chi connectivity index (χ4v) is 4.05. The molecule has 2 heterocycles. The molecule has 0 atom stereocenters. The zero-order chi connectivity index (χ0) is 20.0. The van der Waals surface area contributed by atoms with E-state index < -0.39 is 0 Å². The Balaban J connectivity index is 1.85. The minimum Gasteiger partial charge on any atom is -0.341 e. The minimum atomic E-state index is -0.288. The summed E-state index contributed by atoms with van der Waals surface area (Å²) in [6.07, 6.45) is 0. The maximum absolute atomic E-state index is 12.3. The van der Waals surface area contributed by atoms with Crippen LogP contribution in [0.1, 0.15) is 5.56 Å². The van der Waals surface area contributed by atoms with E-state index in [1.807, 2.05) is 71.3 Å². The third kappa shape index (κ3) is 2.87. The summed E-state index contributed by atoms with van der Waals surface area (Å²) in [7, 11) is 0. The Hall–Kier alpha value is -3.57. The van der Waals surface area contributed by atoms with Crippen molar-refractivity contribution in [3.8, 4) is 22.4 Å². The first-order chi connectivity index (χ1) is 14.1. The molecule has 5 rings (SSSR count). The second-order valence-electron chi connectivity index (χ2n) is 6.92. The molecule has 1 aliphatic rings. The number of nitrogens with zero attached hydrogens (tertiary/aromatic N) is 2. The molecule has 5 nitrogen and oxygen atoms in total. The number of benzene rings is 3. The van der Waals surface area contributed by atoms with Gasteiger partial charge in [-0.3, -0.25) is 10.1 Å². The second kappa shape index (κ2) is 6.79. The highest BCUT2D eigenvalue weighted by Gasteiger charge is 2.35. The van der Waals surface area contributed by atoms with Crippen LogP contribution in [0.4, 0.5) is 17.2 Å². The van der Waals surface area contributed by atoms with Crippen LogP contribution in [0.25, 0.3) is 22.4 Å². The topological polar surface area (TPSA) is 60.1 Å². The summed E-state index contributed by atoms with van der Waals surface area (Å²) >= 11 is 6.06. The summed E-state index contributed by atoms with van der Waals surface area (Å²) in [5, 5.41) is 16.3. The fourth-order valence-electron chi connectivity index (χ4n) is 3.93. The third-order valence-electron chi connectivity index (χ3n) is 5.20. The summed E-state index contributed by atoms with van der Waals surface area (Å²) in [6.45, 7) is 0.553. The van der Waals surface area contributed by atoms with Crippen molar-refractivity contribution in [2.24, 2.45) is 0 Å². The van der Waals surface area contributed by atoms with E-state index in [1.165, 1.54) is 0 Å². The van der Waals surface area contributed by atoms with Gasteiger partial charge in [0.25, 0.3) is 0 Å². The van der Waals surface area contributed by atoms with Gasteiger partial charge in [0.1, 0.15) is 17.1 Å². The van der Waals surface area contributed by atoms with E-state index in [9.17, 15) is 10.1 Å². The number of hydrogen-bond acceptors (Lipinski definition) is 3. The molecule has 6 heteroatoms. The van der Waals surface area contributed by atoms with Gasteiger partial charge >= 0.3 is 5.69 Å². The summed E-state index contributed by atoms with van der Waals surface area (Å²) in [4.78, 5) is 12.0. The fraction of sp³-hybridized carbons (Fsp3) is 0.0435. The molecule has 0 saturated carbocycles. The molecule has 142 valence electrons. The number of nitro groups is 1. The molecule has 3 aromatic carbocycles. The van der Waals surface area contributed by atoms with Crippen molar-refractivity contribution < 1.29 is 4.92 Å². The lowest BCUT2D eigenvalue weighted by molar-refractivity contribution is -0.383. The van der Waals surface area contributed by atoms with Crippen molar-refractivity contribution in [3.05, 3.63) is 99.6 Å². The maximum Gasteiger partial charge on any atom is 0.304 e. The van der Waals surface area contributed by atoms with Gasteiger partial charge in [0.15, 0.2) is 0 Å². The number of rotatable bonds is 3. The number of hydrogen-bond donors (Lipinski definition) is 1.